The van der Waals surface area contributed by atoms with Crippen LogP contribution in [0.4, 0.5) is 16.0 Å². The summed E-state index contributed by atoms with van der Waals surface area (Å²) < 4.78 is 13.1. The highest BCUT2D eigenvalue weighted by Gasteiger charge is 2.43. The van der Waals surface area contributed by atoms with E-state index in [4.69, 9.17) is 5.73 Å². The largest absolute Gasteiger partial charge is 0.383 e. The molecular weight excluding hydrogens is 359 g/mol. The standard InChI is InChI=1S/C20H17FN6O/c1-9-2-16-17(25-8-24-16)6-11(9)15-3-10-4-18(23-7-13(10)19(22)26-15)27-20(28)12-5-14(12)21/h2-4,6-8,12,14H,5H2,1H3,(H2,22,26)(H,24,25)(H,23,27,28)/t12-,14+/m1/s1. The summed E-state index contributed by atoms with van der Waals surface area (Å²) >= 11 is 0. The first-order chi connectivity index (χ1) is 13.5. The Labute approximate surface area is 159 Å². The van der Waals surface area contributed by atoms with E-state index in [1.54, 1.807) is 18.6 Å². The average Bonchev–Trinajstić information content (AvgIpc) is 3.22. The molecule has 2 atom stereocenters. The normalized spacial score (nSPS) is 18.5. The molecule has 0 radical (unpaired) electrons. The minimum absolute atomic E-state index is 0.273. The van der Waals surface area contributed by atoms with Gasteiger partial charge >= 0.3 is 0 Å². The number of nitrogens with zero attached hydrogens (tertiary/aromatic N) is 3. The molecule has 1 fully saturated rings. The fraction of sp³-hybridized carbons (Fsp3) is 0.200. The number of hydrogen-bond acceptors (Lipinski definition) is 5. The number of imidazole rings is 1. The highest BCUT2D eigenvalue weighted by atomic mass is 19.1. The zero-order chi connectivity index (χ0) is 19.4. The summed E-state index contributed by atoms with van der Waals surface area (Å²) in [6.07, 6.45) is 2.45. The molecule has 1 amide bonds. The lowest BCUT2D eigenvalue weighted by atomic mass is 10.0. The summed E-state index contributed by atoms with van der Waals surface area (Å²) in [5.74, 6) is -0.196. The predicted octanol–water partition coefficient (Wildman–Crippen LogP) is 3.36. The van der Waals surface area contributed by atoms with Crippen LogP contribution in [0.1, 0.15) is 12.0 Å². The van der Waals surface area contributed by atoms with Crippen LogP contribution in [0, 0.1) is 12.8 Å². The number of rotatable bonds is 3. The predicted molar refractivity (Wildman–Crippen MR) is 105 cm³/mol. The number of aromatic amines is 1. The number of aromatic nitrogens is 4. The molecule has 0 saturated heterocycles. The summed E-state index contributed by atoms with van der Waals surface area (Å²) in [6, 6.07) is 7.61. The van der Waals surface area contributed by atoms with Gasteiger partial charge in [-0.2, -0.15) is 0 Å². The summed E-state index contributed by atoms with van der Waals surface area (Å²) in [6.45, 7) is 2.00. The smallest absolute Gasteiger partial charge is 0.231 e. The molecule has 0 aliphatic heterocycles. The molecule has 1 aromatic carbocycles. The van der Waals surface area contributed by atoms with Gasteiger partial charge in [0.05, 0.1) is 29.0 Å². The van der Waals surface area contributed by atoms with E-state index in [0.29, 0.717) is 22.7 Å². The quantitative estimate of drug-likeness (QED) is 0.508. The van der Waals surface area contributed by atoms with E-state index in [-0.39, 0.29) is 12.3 Å². The Hall–Kier alpha value is -3.55. The van der Waals surface area contributed by atoms with Crippen molar-refractivity contribution in [3.8, 4) is 11.3 Å². The third-order valence-electron chi connectivity index (χ3n) is 5.09. The van der Waals surface area contributed by atoms with Crippen LogP contribution >= 0.6 is 0 Å². The number of nitrogens with two attached hydrogens (primary N) is 1. The minimum Gasteiger partial charge on any atom is -0.383 e. The van der Waals surface area contributed by atoms with Gasteiger partial charge in [-0.05, 0) is 48.6 Å². The van der Waals surface area contributed by atoms with Crippen molar-refractivity contribution in [3.05, 3.63) is 42.4 Å². The number of nitrogen functional groups attached to an aromatic ring is 1. The molecule has 8 heteroatoms. The number of carbonyl (C=O) groups excluding carboxylic acids is 1. The summed E-state index contributed by atoms with van der Waals surface area (Å²) in [5, 5.41) is 4.16. The Bertz CT molecular complexity index is 1250. The summed E-state index contributed by atoms with van der Waals surface area (Å²) in [7, 11) is 0. The van der Waals surface area contributed by atoms with Crippen LogP contribution in [0.3, 0.4) is 0 Å². The van der Waals surface area contributed by atoms with Crippen molar-refractivity contribution in [2.75, 3.05) is 11.1 Å². The number of benzene rings is 1. The van der Waals surface area contributed by atoms with Crippen molar-refractivity contribution in [3.63, 3.8) is 0 Å². The van der Waals surface area contributed by atoms with Gasteiger partial charge in [0.1, 0.15) is 17.8 Å². The monoisotopic (exact) mass is 376 g/mol. The van der Waals surface area contributed by atoms with Gasteiger partial charge in [-0.15, -0.1) is 0 Å². The molecule has 140 valence electrons. The molecule has 3 heterocycles. The molecule has 0 unspecified atom stereocenters. The average molecular weight is 376 g/mol. The molecule has 1 aliphatic rings. The number of anilines is 2. The van der Waals surface area contributed by atoms with E-state index in [1.165, 1.54) is 0 Å². The highest BCUT2D eigenvalue weighted by molar-refractivity contribution is 5.99. The first-order valence-corrected chi connectivity index (χ1v) is 8.95. The Kier molecular flexibility index (Phi) is 3.55. The number of pyridine rings is 2. The molecule has 4 aromatic rings. The van der Waals surface area contributed by atoms with Gasteiger partial charge in [-0.25, -0.2) is 19.3 Å². The molecule has 3 aromatic heterocycles. The maximum absolute atomic E-state index is 13.1. The lowest BCUT2D eigenvalue weighted by molar-refractivity contribution is -0.117. The topological polar surface area (TPSA) is 110 Å². The van der Waals surface area contributed by atoms with E-state index in [9.17, 15) is 9.18 Å². The Morgan fingerprint density at radius 3 is 2.89 bits per heavy atom. The van der Waals surface area contributed by atoms with E-state index in [1.807, 2.05) is 25.1 Å². The van der Waals surface area contributed by atoms with Crippen molar-refractivity contribution >= 4 is 39.3 Å². The number of nitrogens with one attached hydrogen (secondary N) is 2. The number of amides is 1. The Balaban J connectivity index is 1.57. The van der Waals surface area contributed by atoms with E-state index >= 15 is 0 Å². The maximum Gasteiger partial charge on any atom is 0.231 e. The highest BCUT2D eigenvalue weighted by Crippen LogP contribution is 2.35. The van der Waals surface area contributed by atoms with Gasteiger partial charge in [-0.3, -0.25) is 4.79 Å². The van der Waals surface area contributed by atoms with Crippen LogP contribution in [0.2, 0.25) is 0 Å². The molecule has 1 aliphatic carbocycles. The lowest BCUT2D eigenvalue weighted by Gasteiger charge is -2.10. The Morgan fingerprint density at radius 1 is 1.29 bits per heavy atom. The van der Waals surface area contributed by atoms with Crippen molar-refractivity contribution in [1.29, 1.82) is 0 Å². The van der Waals surface area contributed by atoms with Crippen LogP contribution in [0.25, 0.3) is 33.1 Å². The third kappa shape index (κ3) is 2.74. The third-order valence-corrected chi connectivity index (χ3v) is 5.09. The van der Waals surface area contributed by atoms with Crippen molar-refractivity contribution in [1.82, 2.24) is 19.9 Å². The van der Waals surface area contributed by atoms with Gasteiger partial charge in [0.25, 0.3) is 0 Å². The molecular formula is C20H17FN6O. The van der Waals surface area contributed by atoms with Crippen molar-refractivity contribution < 1.29 is 9.18 Å². The second-order valence-electron chi connectivity index (χ2n) is 7.12. The molecule has 7 nitrogen and oxygen atoms in total. The Morgan fingerprint density at radius 2 is 2.11 bits per heavy atom. The second kappa shape index (κ2) is 5.98. The number of halogens is 1. The lowest BCUT2D eigenvalue weighted by Crippen LogP contribution is -2.15. The van der Waals surface area contributed by atoms with E-state index in [2.05, 4.69) is 25.3 Å². The van der Waals surface area contributed by atoms with Crippen LogP contribution < -0.4 is 11.1 Å². The zero-order valence-electron chi connectivity index (χ0n) is 15.0. The zero-order valence-corrected chi connectivity index (χ0v) is 15.0. The van der Waals surface area contributed by atoms with E-state index < -0.39 is 12.1 Å². The van der Waals surface area contributed by atoms with Gasteiger partial charge in [0.15, 0.2) is 0 Å². The van der Waals surface area contributed by atoms with Gasteiger partial charge in [0.2, 0.25) is 5.91 Å². The van der Waals surface area contributed by atoms with Crippen molar-refractivity contribution in [2.24, 2.45) is 5.92 Å². The number of H-pyrrole nitrogens is 1. The first kappa shape index (κ1) is 16.6. The van der Waals surface area contributed by atoms with Gasteiger partial charge in [-0.1, -0.05) is 0 Å². The molecule has 1 saturated carbocycles. The van der Waals surface area contributed by atoms with Crippen molar-refractivity contribution in [2.45, 2.75) is 19.5 Å². The minimum atomic E-state index is -1.05. The van der Waals surface area contributed by atoms with Gasteiger partial charge < -0.3 is 16.0 Å². The number of carbonyl (C=O) groups is 1. The molecule has 0 bridgehead atoms. The number of alkyl halides is 1. The van der Waals surface area contributed by atoms with Crippen LogP contribution in [-0.4, -0.2) is 32.0 Å². The fourth-order valence-corrected chi connectivity index (χ4v) is 3.40. The first-order valence-electron chi connectivity index (χ1n) is 8.95. The molecule has 0 spiro atoms. The number of fused-ring (bicyclic) bond motifs is 2. The molecule has 4 N–H and O–H groups in total. The molecule has 28 heavy (non-hydrogen) atoms. The molecule has 5 rings (SSSR count). The summed E-state index contributed by atoms with van der Waals surface area (Å²) in [5.41, 5.74) is 10.6. The SMILES string of the molecule is Cc1cc2[nH]cnc2cc1-c1cc2cc(NC(=O)[C@@H]3C[C@@H]3F)ncc2c(N)n1. The van der Waals surface area contributed by atoms with E-state index in [0.717, 1.165) is 27.5 Å². The van der Waals surface area contributed by atoms with Gasteiger partial charge in [0, 0.05) is 17.1 Å². The fourth-order valence-electron chi connectivity index (χ4n) is 3.40. The summed E-state index contributed by atoms with van der Waals surface area (Å²) in [4.78, 5) is 28.1. The number of aryl methyl sites for hydroxylation is 1. The number of hydrogen-bond donors (Lipinski definition) is 3. The second-order valence-corrected chi connectivity index (χ2v) is 7.12. The maximum atomic E-state index is 13.1. The van der Waals surface area contributed by atoms with Crippen LogP contribution in [0.5, 0.6) is 0 Å². The van der Waals surface area contributed by atoms with Crippen LogP contribution in [0.15, 0.2) is 36.8 Å². The van der Waals surface area contributed by atoms with Crippen LogP contribution in [-0.2, 0) is 4.79 Å².